The molecule has 0 saturated heterocycles. The van der Waals surface area contributed by atoms with Crippen LogP contribution >= 0.6 is 34.9 Å². The van der Waals surface area contributed by atoms with Gasteiger partial charge in [0.05, 0.1) is 0 Å². The Morgan fingerprint density at radius 2 is 2.00 bits per heavy atom. The molecule has 0 amide bonds. The second-order valence-corrected chi connectivity index (χ2v) is 8.48. The molecule has 0 aliphatic carbocycles. The van der Waals surface area contributed by atoms with E-state index in [1.807, 2.05) is 18.5 Å². The van der Waals surface area contributed by atoms with E-state index in [1.54, 1.807) is 34.9 Å². The van der Waals surface area contributed by atoms with Crippen LogP contribution in [0.4, 0.5) is 0 Å². The molecule has 1 N–H and O–H groups in total. The van der Waals surface area contributed by atoms with Crippen molar-refractivity contribution in [3.63, 3.8) is 0 Å². The summed E-state index contributed by atoms with van der Waals surface area (Å²) >= 11 is 4.80. The molecule has 0 spiro atoms. The number of aromatic nitrogens is 3. The van der Waals surface area contributed by atoms with Crippen LogP contribution in [0.5, 0.6) is 0 Å². The van der Waals surface area contributed by atoms with E-state index in [2.05, 4.69) is 47.3 Å². The van der Waals surface area contributed by atoms with Gasteiger partial charge in [0.1, 0.15) is 5.03 Å². The lowest BCUT2D eigenvalue weighted by Crippen LogP contribution is -2.35. The van der Waals surface area contributed by atoms with Gasteiger partial charge >= 0.3 is 0 Å². The molecule has 108 valence electrons. The summed E-state index contributed by atoms with van der Waals surface area (Å²) in [6, 6.07) is 4.07. The maximum atomic E-state index is 4.46. The Labute approximate surface area is 132 Å². The van der Waals surface area contributed by atoms with Gasteiger partial charge in [-0.3, -0.25) is 0 Å². The van der Waals surface area contributed by atoms with Gasteiger partial charge in [0.2, 0.25) is 0 Å². The first-order chi connectivity index (χ1) is 9.48. The van der Waals surface area contributed by atoms with Crippen molar-refractivity contribution < 1.29 is 0 Å². The molecule has 0 atom stereocenters. The minimum atomic E-state index is 0.0898. The van der Waals surface area contributed by atoms with Crippen molar-refractivity contribution in [1.82, 2.24) is 20.5 Å². The molecule has 4 nitrogen and oxygen atoms in total. The largest absolute Gasteiger partial charge is 0.308 e. The molecule has 2 heterocycles. The lowest BCUT2D eigenvalue weighted by Gasteiger charge is -2.21. The van der Waals surface area contributed by atoms with Crippen molar-refractivity contribution in [2.24, 2.45) is 0 Å². The van der Waals surface area contributed by atoms with Crippen LogP contribution in [-0.2, 0) is 6.54 Å². The predicted molar refractivity (Wildman–Crippen MR) is 86.6 cm³/mol. The van der Waals surface area contributed by atoms with Gasteiger partial charge in [0, 0.05) is 18.3 Å². The van der Waals surface area contributed by atoms with E-state index in [1.165, 1.54) is 5.56 Å². The van der Waals surface area contributed by atoms with Gasteiger partial charge < -0.3 is 5.32 Å². The number of thioether (sulfide) groups is 1. The van der Waals surface area contributed by atoms with E-state index in [0.29, 0.717) is 0 Å². The average Bonchev–Trinajstić information content (AvgIpc) is 2.84. The highest BCUT2D eigenvalue weighted by molar-refractivity contribution is 8.03. The van der Waals surface area contributed by atoms with Gasteiger partial charge in [0.25, 0.3) is 0 Å². The van der Waals surface area contributed by atoms with Gasteiger partial charge in [-0.2, -0.15) is 0 Å². The molecule has 2 rings (SSSR count). The van der Waals surface area contributed by atoms with Crippen molar-refractivity contribution in [2.75, 3.05) is 6.26 Å². The van der Waals surface area contributed by atoms with Gasteiger partial charge in [-0.15, -0.1) is 10.2 Å². The van der Waals surface area contributed by atoms with Gasteiger partial charge in [-0.25, -0.2) is 4.98 Å². The van der Waals surface area contributed by atoms with E-state index in [4.69, 9.17) is 0 Å². The van der Waals surface area contributed by atoms with Crippen LogP contribution < -0.4 is 5.32 Å². The Balaban J connectivity index is 2.11. The zero-order chi connectivity index (χ0) is 14.6. The second kappa shape index (κ2) is 6.89. The van der Waals surface area contributed by atoms with Crippen molar-refractivity contribution in [1.29, 1.82) is 0 Å². The number of hydrogen-bond acceptors (Lipinski definition) is 7. The number of pyridine rings is 1. The second-order valence-electron chi connectivity index (χ2n) is 5.21. The van der Waals surface area contributed by atoms with E-state index in [-0.39, 0.29) is 5.54 Å². The Bertz CT molecular complexity index is 563. The Morgan fingerprint density at radius 3 is 2.65 bits per heavy atom. The van der Waals surface area contributed by atoms with Crippen LogP contribution in [0.1, 0.15) is 26.3 Å². The molecule has 0 unspecified atom stereocenters. The quantitative estimate of drug-likeness (QED) is 0.846. The van der Waals surface area contributed by atoms with Crippen LogP contribution in [0.2, 0.25) is 0 Å². The molecular weight excluding hydrogens is 308 g/mol. The summed E-state index contributed by atoms with van der Waals surface area (Å²) in [5.41, 5.74) is 1.28. The van der Waals surface area contributed by atoms with Gasteiger partial charge in [0.15, 0.2) is 8.68 Å². The minimum absolute atomic E-state index is 0.0898. The third-order valence-electron chi connectivity index (χ3n) is 2.41. The smallest absolute Gasteiger partial charge is 0.181 e. The summed E-state index contributed by atoms with van der Waals surface area (Å²) in [5, 5.41) is 12.8. The third kappa shape index (κ3) is 4.73. The zero-order valence-corrected chi connectivity index (χ0v) is 14.5. The number of nitrogens with one attached hydrogen (secondary N) is 1. The maximum absolute atomic E-state index is 4.46. The molecule has 0 aliphatic rings. The molecule has 0 aromatic carbocycles. The fourth-order valence-corrected chi connectivity index (χ4v) is 3.85. The van der Waals surface area contributed by atoms with Crippen LogP contribution in [-0.4, -0.2) is 27.0 Å². The van der Waals surface area contributed by atoms with E-state index in [9.17, 15) is 0 Å². The molecule has 0 fully saturated rings. The van der Waals surface area contributed by atoms with Crippen LogP contribution in [0.25, 0.3) is 0 Å². The van der Waals surface area contributed by atoms with Gasteiger partial charge in [-0.05, 0) is 50.4 Å². The zero-order valence-electron chi connectivity index (χ0n) is 12.0. The molecule has 20 heavy (non-hydrogen) atoms. The molecule has 0 saturated carbocycles. The number of hydrogen-bond donors (Lipinski definition) is 1. The highest BCUT2D eigenvalue weighted by atomic mass is 32.2. The molecule has 0 aliphatic heterocycles. The monoisotopic (exact) mass is 326 g/mol. The molecular formula is C13H18N4S3. The lowest BCUT2D eigenvalue weighted by atomic mass is 10.1. The summed E-state index contributed by atoms with van der Waals surface area (Å²) in [7, 11) is 0. The molecule has 2 aromatic rings. The first-order valence-corrected chi connectivity index (χ1v) is 9.08. The van der Waals surface area contributed by atoms with E-state index < -0.39 is 0 Å². The van der Waals surface area contributed by atoms with Gasteiger partial charge in [-0.1, -0.05) is 29.2 Å². The summed E-state index contributed by atoms with van der Waals surface area (Å²) < 4.78 is 1.92. The van der Waals surface area contributed by atoms with Crippen molar-refractivity contribution in [3.05, 3.63) is 23.9 Å². The Hall–Kier alpha value is -0.630. The third-order valence-corrected chi connectivity index (χ3v) is 5.42. The molecule has 7 heteroatoms. The Morgan fingerprint density at radius 1 is 1.25 bits per heavy atom. The Kier molecular flexibility index (Phi) is 5.42. The number of nitrogens with zero attached hydrogens (tertiary/aromatic N) is 3. The fourth-order valence-electron chi connectivity index (χ4n) is 1.41. The van der Waals surface area contributed by atoms with Crippen LogP contribution in [0, 0.1) is 0 Å². The topological polar surface area (TPSA) is 50.7 Å². The molecule has 2 aromatic heterocycles. The fraction of sp³-hybridized carbons (Fsp3) is 0.462. The van der Waals surface area contributed by atoms with Crippen molar-refractivity contribution >= 4 is 34.9 Å². The van der Waals surface area contributed by atoms with E-state index >= 15 is 0 Å². The summed E-state index contributed by atoms with van der Waals surface area (Å²) in [5.74, 6) is 0. The molecule has 0 bridgehead atoms. The SMILES string of the molecule is CSc1nnc(Sc2ncccc2CNC(C)(C)C)s1. The summed E-state index contributed by atoms with van der Waals surface area (Å²) in [6.45, 7) is 7.27. The highest BCUT2D eigenvalue weighted by Gasteiger charge is 2.13. The molecule has 0 radical (unpaired) electrons. The average molecular weight is 327 g/mol. The standard InChI is InChI=1S/C13H18N4S3/c1-13(2,3)15-8-9-6-5-7-14-10(9)19-12-17-16-11(18-4)20-12/h5-7,15H,8H2,1-4H3. The number of rotatable bonds is 5. The maximum Gasteiger partial charge on any atom is 0.181 e. The summed E-state index contributed by atoms with van der Waals surface area (Å²) in [6.07, 6.45) is 3.83. The first-order valence-electron chi connectivity index (χ1n) is 6.22. The van der Waals surface area contributed by atoms with Crippen molar-refractivity contribution in [3.8, 4) is 0 Å². The normalized spacial score (nSPS) is 11.8. The minimum Gasteiger partial charge on any atom is -0.308 e. The highest BCUT2D eigenvalue weighted by Crippen LogP contribution is 2.33. The lowest BCUT2D eigenvalue weighted by molar-refractivity contribution is 0.422. The van der Waals surface area contributed by atoms with E-state index in [0.717, 1.165) is 20.3 Å². The predicted octanol–water partition coefficient (Wildman–Crippen LogP) is 3.69. The van der Waals surface area contributed by atoms with Crippen LogP contribution in [0.15, 0.2) is 32.0 Å². The first kappa shape index (κ1) is 15.8. The van der Waals surface area contributed by atoms with Crippen molar-refractivity contribution in [2.45, 2.75) is 46.6 Å². The summed E-state index contributed by atoms with van der Waals surface area (Å²) in [4.78, 5) is 4.46. The van der Waals surface area contributed by atoms with Crippen LogP contribution in [0.3, 0.4) is 0 Å².